The number of para-hydroxylation sites is 2. The van der Waals surface area contributed by atoms with Crippen LogP contribution < -0.4 is 4.74 Å². The van der Waals surface area contributed by atoms with Gasteiger partial charge in [0.2, 0.25) is 0 Å². The quantitative estimate of drug-likeness (QED) is 0.531. The van der Waals surface area contributed by atoms with Gasteiger partial charge in [-0.1, -0.05) is 42.2 Å². The van der Waals surface area contributed by atoms with Crippen LogP contribution in [0.2, 0.25) is 0 Å². The molecule has 5 heteroatoms. The van der Waals surface area contributed by atoms with Crippen molar-refractivity contribution >= 4 is 5.69 Å². The van der Waals surface area contributed by atoms with Crippen LogP contribution in [0.5, 0.6) is 5.75 Å². The molecule has 2 aromatic rings. The second kappa shape index (κ2) is 7.08. The van der Waals surface area contributed by atoms with E-state index < -0.39 is 4.92 Å². The van der Waals surface area contributed by atoms with Crippen LogP contribution in [0, 0.1) is 22.0 Å². The Balaban J connectivity index is 2.19. The summed E-state index contributed by atoms with van der Waals surface area (Å²) in [5.41, 5.74) is 1.46. The Kier molecular flexibility index (Phi) is 4.91. The molecule has 5 nitrogen and oxygen atoms in total. The summed E-state index contributed by atoms with van der Waals surface area (Å²) in [6.07, 6.45) is 0. The van der Waals surface area contributed by atoms with Gasteiger partial charge in [-0.15, -0.1) is 0 Å². The summed E-state index contributed by atoms with van der Waals surface area (Å²) in [5, 5.41) is 19.7. The smallest absolute Gasteiger partial charge is 0.310 e. The van der Waals surface area contributed by atoms with Crippen LogP contribution in [-0.4, -0.2) is 16.6 Å². The van der Waals surface area contributed by atoms with Gasteiger partial charge in [-0.25, -0.2) is 0 Å². The van der Waals surface area contributed by atoms with E-state index in [0.717, 1.165) is 11.1 Å². The first-order valence-electron chi connectivity index (χ1n) is 6.26. The van der Waals surface area contributed by atoms with E-state index in [9.17, 15) is 10.1 Å². The molecule has 0 saturated heterocycles. The minimum absolute atomic E-state index is 0.0728. The normalized spacial score (nSPS) is 9.57. The van der Waals surface area contributed by atoms with E-state index in [1.807, 2.05) is 18.2 Å². The van der Waals surface area contributed by atoms with Crippen LogP contribution in [0.4, 0.5) is 5.69 Å². The van der Waals surface area contributed by atoms with Crippen molar-refractivity contribution in [1.82, 2.24) is 0 Å². The fourth-order valence-electron chi connectivity index (χ4n) is 1.79. The summed E-state index contributed by atoms with van der Waals surface area (Å²) < 4.78 is 5.53. The highest BCUT2D eigenvalue weighted by Gasteiger charge is 2.13. The largest absolute Gasteiger partial charge is 0.482 e. The average molecular weight is 283 g/mol. The van der Waals surface area contributed by atoms with Gasteiger partial charge in [0.05, 0.1) is 4.92 Å². The van der Waals surface area contributed by atoms with E-state index in [1.165, 1.54) is 6.07 Å². The third-order valence-corrected chi connectivity index (χ3v) is 2.76. The molecule has 106 valence electrons. The van der Waals surface area contributed by atoms with Gasteiger partial charge in [0, 0.05) is 17.2 Å². The molecule has 0 heterocycles. The average Bonchev–Trinajstić information content (AvgIpc) is 2.52. The lowest BCUT2D eigenvalue weighted by Crippen LogP contribution is -2.00. The van der Waals surface area contributed by atoms with Gasteiger partial charge < -0.3 is 9.84 Å². The Morgan fingerprint density at radius 1 is 1.14 bits per heavy atom. The van der Waals surface area contributed by atoms with Gasteiger partial charge in [-0.05, 0) is 12.1 Å². The Morgan fingerprint density at radius 2 is 1.86 bits per heavy atom. The topological polar surface area (TPSA) is 72.6 Å². The van der Waals surface area contributed by atoms with Crippen molar-refractivity contribution in [2.24, 2.45) is 0 Å². The summed E-state index contributed by atoms with van der Waals surface area (Å²) in [7, 11) is 0. The number of aliphatic hydroxyl groups is 1. The molecule has 0 aliphatic heterocycles. The van der Waals surface area contributed by atoms with Crippen molar-refractivity contribution in [3.63, 3.8) is 0 Å². The fourth-order valence-corrected chi connectivity index (χ4v) is 1.79. The Labute approximate surface area is 122 Å². The molecule has 0 saturated carbocycles. The third kappa shape index (κ3) is 3.81. The van der Waals surface area contributed by atoms with Crippen LogP contribution in [-0.2, 0) is 6.61 Å². The molecule has 21 heavy (non-hydrogen) atoms. The molecule has 0 spiro atoms. The second-order valence-electron chi connectivity index (χ2n) is 4.13. The molecular formula is C16H13NO4. The van der Waals surface area contributed by atoms with Crippen LogP contribution in [0.15, 0.2) is 48.5 Å². The zero-order valence-electron chi connectivity index (χ0n) is 11.2. The predicted molar refractivity (Wildman–Crippen MR) is 77.8 cm³/mol. The molecule has 0 radical (unpaired) electrons. The second-order valence-corrected chi connectivity index (χ2v) is 4.13. The van der Waals surface area contributed by atoms with Gasteiger partial charge in [-0.3, -0.25) is 10.1 Å². The first-order valence-corrected chi connectivity index (χ1v) is 6.26. The SMILES string of the molecule is O=[N+]([O-])c1ccccc1OCc1ccccc1C#CCO. The molecule has 0 bridgehead atoms. The highest BCUT2D eigenvalue weighted by atomic mass is 16.6. The number of hydrogen-bond acceptors (Lipinski definition) is 4. The molecule has 0 unspecified atom stereocenters. The van der Waals surface area contributed by atoms with E-state index in [2.05, 4.69) is 11.8 Å². The lowest BCUT2D eigenvalue weighted by molar-refractivity contribution is -0.385. The van der Waals surface area contributed by atoms with Gasteiger partial charge >= 0.3 is 5.69 Å². The molecule has 0 fully saturated rings. The predicted octanol–water partition coefficient (Wildman–Crippen LogP) is 2.52. The van der Waals surface area contributed by atoms with Crippen LogP contribution in [0.25, 0.3) is 0 Å². The number of benzene rings is 2. The summed E-state index contributed by atoms with van der Waals surface area (Å²) >= 11 is 0. The molecule has 0 aliphatic rings. The highest BCUT2D eigenvalue weighted by molar-refractivity contribution is 5.46. The molecule has 0 atom stereocenters. The maximum atomic E-state index is 10.9. The van der Waals surface area contributed by atoms with Crippen molar-refractivity contribution in [2.45, 2.75) is 6.61 Å². The molecule has 1 N–H and O–H groups in total. The molecular weight excluding hydrogens is 270 g/mol. The summed E-state index contributed by atoms with van der Waals surface area (Å²) in [6.45, 7) is -0.0551. The molecule has 2 rings (SSSR count). The van der Waals surface area contributed by atoms with Gasteiger partial charge in [0.15, 0.2) is 5.75 Å². The number of ether oxygens (including phenoxy) is 1. The lowest BCUT2D eigenvalue weighted by atomic mass is 10.1. The lowest BCUT2D eigenvalue weighted by Gasteiger charge is -2.08. The first-order chi connectivity index (χ1) is 10.2. The highest BCUT2D eigenvalue weighted by Crippen LogP contribution is 2.26. The number of rotatable bonds is 4. The Bertz CT molecular complexity index is 701. The van der Waals surface area contributed by atoms with E-state index in [0.29, 0.717) is 0 Å². The fraction of sp³-hybridized carbons (Fsp3) is 0.125. The van der Waals surface area contributed by atoms with Crippen LogP contribution >= 0.6 is 0 Å². The van der Waals surface area contributed by atoms with E-state index in [4.69, 9.17) is 9.84 Å². The number of nitro benzene ring substituents is 1. The van der Waals surface area contributed by atoms with Crippen molar-refractivity contribution in [2.75, 3.05) is 6.61 Å². The zero-order valence-corrected chi connectivity index (χ0v) is 11.2. The van der Waals surface area contributed by atoms with E-state index in [-0.39, 0.29) is 24.7 Å². The van der Waals surface area contributed by atoms with Crippen molar-refractivity contribution in [3.8, 4) is 17.6 Å². The maximum absolute atomic E-state index is 10.9. The third-order valence-electron chi connectivity index (χ3n) is 2.76. The zero-order chi connectivity index (χ0) is 15.1. The summed E-state index contributed by atoms with van der Waals surface area (Å²) in [4.78, 5) is 10.4. The van der Waals surface area contributed by atoms with Crippen molar-refractivity contribution < 1.29 is 14.8 Å². The molecule has 2 aromatic carbocycles. The molecule has 0 aliphatic carbocycles. The Morgan fingerprint density at radius 3 is 2.62 bits per heavy atom. The number of nitro groups is 1. The van der Waals surface area contributed by atoms with Gasteiger partial charge in [-0.2, -0.15) is 0 Å². The number of aliphatic hydroxyl groups excluding tert-OH is 1. The maximum Gasteiger partial charge on any atom is 0.310 e. The first kappa shape index (κ1) is 14.6. The van der Waals surface area contributed by atoms with Crippen molar-refractivity contribution in [1.29, 1.82) is 0 Å². The van der Waals surface area contributed by atoms with Crippen molar-refractivity contribution in [3.05, 3.63) is 69.8 Å². The standard InChI is InChI=1S/C16H13NO4/c18-11-5-8-13-6-1-2-7-14(13)12-21-16-10-4-3-9-15(16)17(19)20/h1-4,6-7,9-10,18H,11-12H2. The minimum atomic E-state index is -0.479. The monoisotopic (exact) mass is 283 g/mol. The number of nitrogens with zero attached hydrogens (tertiary/aromatic N) is 1. The van der Waals surface area contributed by atoms with Crippen LogP contribution in [0.3, 0.4) is 0 Å². The number of hydrogen-bond donors (Lipinski definition) is 1. The minimum Gasteiger partial charge on any atom is -0.482 e. The van der Waals surface area contributed by atoms with E-state index in [1.54, 1.807) is 24.3 Å². The Hall–Kier alpha value is -2.84. The summed E-state index contributed by atoms with van der Waals surface area (Å²) in [6, 6.07) is 13.5. The molecule has 0 amide bonds. The molecule has 0 aromatic heterocycles. The van der Waals surface area contributed by atoms with E-state index >= 15 is 0 Å². The van der Waals surface area contributed by atoms with Gasteiger partial charge in [0.25, 0.3) is 0 Å². The van der Waals surface area contributed by atoms with Crippen LogP contribution in [0.1, 0.15) is 11.1 Å². The van der Waals surface area contributed by atoms with Gasteiger partial charge in [0.1, 0.15) is 13.2 Å². The summed E-state index contributed by atoms with van der Waals surface area (Å²) in [5.74, 6) is 5.61.